The van der Waals surface area contributed by atoms with Gasteiger partial charge < -0.3 is 19.5 Å². The molecule has 0 unspecified atom stereocenters. The van der Waals surface area contributed by atoms with E-state index in [0.29, 0.717) is 5.75 Å². The second-order valence-corrected chi connectivity index (χ2v) is 6.33. The molecule has 0 fully saturated rings. The van der Waals surface area contributed by atoms with Gasteiger partial charge in [0.2, 0.25) is 5.75 Å². The third-order valence-corrected chi connectivity index (χ3v) is 4.22. The van der Waals surface area contributed by atoms with Crippen LogP contribution in [0.3, 0.4) is 0 Å². The minimum atomic E-state index is -4.52. The van der Waals surface area contributed by atoms with Gasteiger partial charge in [-0.1, -0.05) is 11.6 Å². The number of carbonyl (C=O) groups is 1. The molecule has 0 aliphatic rings. The van der Waals surface area contributed by atoms with Gasteiger partial charge in [0.05, 0.1) is 37.6 Å². The van der Waals surface area contributed by atoms with Crippen LogP contribution in [-0.2, 0) is 6.18 Å². The Bertz CT molecular complexity index is 913. The quantitative estimate of drug-likeness (QED) is 0.656. The van der Waals surface area contributed by atoms with E-state index >= 15 is 0 Å². The molecule has 0 aromatic heterocycles. The Balaban J connectivity index is 2.16. The summed E-state index contributed by atoms with van der Waals surface area (Å²) in [6, 6.07) is 5.56. The van der Waals surface area contributed by atoms with Crippen molar-refractivity contribution in [1.29, 1.82) is 0 Å². The number of halogens is 4. The summed E-state index contributed by atoms with van der Waals surface area (Å²) in [4.78, 5) is 12.5. The highest BCUT2D eigenvalue weighted by Gasteiger charge is 2.31. The Kier molecular flexibility index (Phi) is 7.15. The molecule has 2 aromatic rings. The maximum absolute atomic E-state index is 12.7. The fraction of sp³-hybridized carbons (Fsp3) is 0.222. The lowest BCUT2D eigenvalue weighted by Crippen LogP contribution is -2.34. The smallest absolute Gasteiger partial charge is 0.416 e. The average Bonchev–Trinajstić information content (AvgIpc) is 2.67. The molecule has 0 bridgehead atoms. The van der Waals surface area contributed by atoms with Crippen LogP contribution in [0.5, 0.6) is 17.2 Å². The third kappa shape index (κ3) is 5.42. The first-order chi connectivity index (χ1) is 13.6. The fourth-order valence-corrected chi connectivity index (χ4v) is 2.76. The lowest BCUT2D eigenvalue weighted by molar-refractivity contribution is -0.137. The van der Waals surface area contributed by atoms with E-state index in [1.165, 1.54) is 33.5 Å². The molecule has 2 N–H and O–H groups in total. The Morgan fingerprint density at radius 1 is 1.03 bits per heavy atom. The van der Waals surface area contributed by atoms with Crippen molar-refractivity contribution < 1.29 is 32.2 Å². The number of carbonyl (C=O) groups excluding carboxylic acids is 1. The molecule has 0 saturated heterocycles. The summed E-state index contributed by atoms with van der Waals surface area (Å²) < 4.78 is 53.7. The molecule has 0 radical (unpaired) electrons. The molecule has 6 nitrogen and oxygen atoms in total. The zero-order chi connectivity index (χ0) is 21.8. The normalized spacial score (nSPS) is 10.9. The van der Waals surface area contributed by atoms with Crippen molar-refractivity contribution in [2.45, 2.75) is 6.18 Å². The SMILES string of the molecule is COc1cc(C(=O)NC(=S)Nc2ccc(C(F)(F)F)cc2Cl)cc(OC)c1OC. The summed E-state index contributed by atoms with van der Waals surface area (Å²) in [5, 5.41) is 4.62. The van der Waals surface area contributed by atoms with Crippen LogP contribution in [-0.4, -0.2) is 32.3 Å². The van der Waals surface area contributed by atoms with Gasteiger partial charge >= 0.3 is 6.18 Å². The fourth-order valence-electron chi connectivity index (χ4n) is 2.33. The summed E-state index contributed by atoms with van der Waals surface area (Å²) in [7, 11) is 4.22. The highest BCUT2D eigenvalue weighted by atomic mass is 35.5. The minimum Gasteiger partial charge on any atom is -0.493 e. The van der Waals surface area contributed by atoms with E-state index in [2.05, 4.69) is 10.6 Å². The molecule has 0 spiro atoms. The zero-order valence-electron chi connectivity index (χ0n) is 15.4. The zero-order valence-corrected chi connectivity index (χ0v) is 17.0. The summed E-state index contributed by atoms with van der Waals surface area (Å²) in [6.45, 7) is 0. The topological polar surface area (TPSA) is 68.8 Å². The molecule has 1 amide bonds. The van der Waals surface area contributed by atoms with Gasteiger partial charge in [0.1, 0.15) is 0 Å². The number of ether oxygens (including phenoxy) is 3. The monoisotopic (exact) mass is 448 g/mol. The molecular formula is C18H16ClF3N2O4S. The van der Waals surface area contributed by atoms with Crippen LogP contribution in [0.2, 0.25) is 5.02 Å². The molecule has 156 valence electrons. The highest BCUT2D eigenvalue weighted by molar-refractivity contribution is 7.80. The van der Waals surface area contributed by atoms with E-state index in [-0.39, 0.29) is 32.9 Å². The minimum absolute atomic E-state index is 0.106. The number of hydrogen-bond acceptors (Lipinski definition) is 5. The first kappa shape index (κ1) is 22.6. The number of nitrogens with one attached hydrogen (secondary N) is 2. The van der Waals surface area contributed by atoms with Crippen LogP contribution in [0.15, 0.2) is 30.3 Å². The van der Waals surface area contributed by atoms with E-state index in [4.69, 9.17) is 38.0 Å². The summed E-state index contributed by atoms with van der Waals surface area (Å²) in [5.41, 5.74) is -0.641. The molecule has 0 heterocycles. The number of methoxy groups -OCH3 is 3. The number of thiocarbonyl (C=S) groups is 1. The first-order valence-electron chi connectivity index (χ1n) is 7.89. The van der Waals surface area contributed by atoms with Gasteiger partial charge in [0.15, 0.2) is 16.6 Å². The van der Waals surface area contributed by atoms with Crippen molar-refractivity contribution in [2.24, 2.45) is 0 Å². The van der Waals surface area contributed by atoms with Gasteiger partial charge in [0.25, 0.3) is 5.91 Å². The van der Waals surface area contributed by atoms with E-state index in [1.54, 1.807) is 0 Å². The van der Waals surface area contributed by atoms with Crippen LogP contribution in [0.4, 0.5) is 18.9 Å². The lowest BCUT2D eigenvalue weighted by Gasteiger charge is -2.15. The number of amides is 1. The predicted octanol–water partition coefficient (Wildman–Crippen LogP) is 4.51. The molecular weight excluding hydrogens is 433 g/mol. The van der Waals surface area contributed by atoms with Crippen molar-refractivity contribution in [1.82, 2.24) is 5.32 Å². The number of alkyl halides is 3. The standard InChI is InChI=1S/C18H16ClF3N2O4S/c1-26-13-6-9(7-14(27-2)15(13)28-3)16(25)24-17(29)23-12-5-4-10(8-11(12)19)18(20,21)22/h4-8H,1-3H3,(H2,23,24,25,29). The van der Waals surface area contributed by atoms with Gasteiger partial charge in [-0.3, -0.25) is 10.1 Å². The summed E-state index contributed by atoms with van der Waals surface area (Å²) in [5.74, 6) is 0.233. The third-order valence-electron chi connectivity index (χ3n) is 3.70. The molecule has 0 aliphatic heterocycles. The van der Waals surface area contributed by atoms with Gasteiger partial charge in [-0.2, -0.15) is 13.2 Å². The Labute approximate surface area is 174 Å². The van der Waals surface area contributed by atoms with Crippen LogP contribution >= 0.6 is 23.8 Å². The van der Waals surface area contributed by atoms with Crippen molar-refractivity contribution in [2.75, 3.05) is 26.6 Å². The molecule has 11 heteroatoms. The van der Waals surface area contributed by atoms with Gasteiger partial charge in [-0.25, -0.2) is 0 Å². The van der Waals surface area contributed by atoms with Crippen molar-refractivity contribution in [3.05, 3.63) is 46.5 Å². The largest absolute Gasteiger partial charge is 0.493 e. The number of benzene rings is 2. The van der Waals surface area contributed by atoms with Gasteiger partial charge in [-0.15, -0.1) is 0 Å². The van der Waals surface area contributed by atoms with Gasteiger partial charge in [0, 0.05) is 5.56 Å². The predicted molar refractivity (Wildman–Crippen MR) is 106 cm³/mol. The van der Waals surface area contributed by atoms with E-state index in [0.717, 1.165) is 18.2 Å². The van der Waals surface area contributed by atoms with E-state index in [1.807, 2.05) is 0 Å². The maximum Gasteiger partial charge on any atom is 0.416 e. The molecule has 2 aromatic carbocycles. The number of hydrogen-bond donors (Lipinski definition) is 2. The van der Waals surface area contributed by atoms with E-state index < -0.39 is 17.6 Å². The second kappa shape index (κ2) is 9.19. The van der Waals surface area contributed by atoms with Crippen molar-refractivity contribution in [3.8, 4) is 17.2 Å². The summed E-state index contributed by atoms with van der Waals surface area (Å²) in [6.07, 6.45) is -4.52. The average molecular weight is 449 g/mol. The number of anilines is 1. The Hall–Kier alpha value is -2.72. The Morgan fingerprint density at radius 3 is 2.07 bits per heavy atom. The van der Waals surface area contributed by atoms with Crippen molar-refractivity contribution >= 4 is 40.5 Å². The molecule has 0 aliphatic carbocycles. The van der Waals surface area contributed by atoms with Gasteiger partial charge in [-0.05, 0) is 42.5 Å². The maximum atomic E-state index is 12.7. The van der Waals surface area contributed by atoms with Crippen molar-refractivity contribution in [3.63, 3.8) is 0 Å². The summed E-state index contributed by atoms with van der Waals surface area (Å²) >= 11 is 10.9. The molecule has 0 atom stereocenters. The van der Waals surface area contributed by atoms with Crippen LogP contribution in [0, 0.1) is 0 Å². The van der Waals surface area contributed by atoms with Crippen LogP contribution in [0.25, 0.3) is 0 Å². The number of rotatable bonds is 5. The second-order valence-electron chi connectivity index (χ2n) is 5.51. The highest BCUT2D eigenvalue weighted by Crippen LogP contribution is 2.38. The van der Waals surface area contributed by atoms with E-state index in [9.17, 15) is 18.0 Å². The Morgan fingerprint density at radius 2 is 1.62 bits per heavy atom. The van der Waals surface area contributed by atoms with Crippen LogP contribution in [0.1, 0.15) is 15.9 Å². The lowest BCUT2D eigenvalue weighted by atomic mass is 10.1. The molecule has 0 saturated carbocycles. The first-order valence-corrected chi connectivity index (χ1v) is 8.68. The molecule has 2 rings (SSSR count). The molecule has 29 heavy (non-hydrogen) atoms. The van der Waals surface area contributed by atoms with Crippen LogP contribution < -0.4 is 24.8 Å².